The number of rotatable bonds is 13. The van der Waals surface area contributed by atoms with E-state index in [4.69, 9.17) is 0 Å². The third-order valence-electron chi connectivity index (χ3n) is 6.74. The summed E-state index contributed by atoms with van der Waals surface area (Å²) in [6, 6.07) is 0.663. The first-order chi connectivity index (χ1) is 16.1. The van der Waals surface area contributed by atoms with Gasteiger partial charge in [-0.25, -0.2) is 0 Å². The summed E-state index contributed by atoms with van der Waals surface area (Å²) in [6.45, 7) is 37.2. The Hall–Kier alpha value is -0.120. The van der Waals surface area contributed by atoms with E-state index in [0.717, 1.165) is 5.92 Å². The van der Waals surface area contributed by atoms with E-state index in [0.29, 0.717) is 11.6 Å². The SMILES string of the molecule is CCC(C)(C)NC(C)(C)C.CCCCC(CC)CN(C)C(C)(C)C.CCCCCC(C)NC(C)(C)C. The van der Waals surface area contributed by atoms with Crippen LogP contribution < -0.4 is 10.6 Å². The molecule has 0 fully saturated rings. The lowest BCUT2D eigenvalue weighted by atomic mass is 9.96. The predicted octanol–water partition coefficient (Wildman–Crippen LogP) is 9.84. The molecule has 0 aliphatic carbocycles. The Kier molecular flexibility index (Phi) is 22.3. The van der Waals surface area contributed by atoms with Gasteiger partial charge >= 0.3 is 0 Å². The zero-order chi connectivity index (χ0) is 29.2. The fourth-order valence-electron chi connectivity index (χ4n) is 4.19. The van der Waals surface area contributed by atoms with Crippen molar-refractivity contribution in [1.82, 2.24) is 15.5 Å². The normalized spacial score (nSPS) is 14.5. The standard InChI is InChI=1S/C13H29N.C11H25N.C9H21N/c1-7-9-10-12(8-2)11-14(6)13(3,4)5;1-6-7-8-9-10(2)12-11(3,4)5;1-7-9(5,6)10-8(2,3)4/h12H,7-11H2,1-6H3;10,12H,6-9H2,1-5H3;10H,7H2,1-6H3. The molecule has 222 valence electrons. The molecule has 0 heterocycles. The van der Waals surface area contributed by atoms with Crippen LogP contribution in [0.25, 0.3) is 0 Å². The minimum atomic E-state index is 0.236. The van der Waals surface area contributed by atoms with Crippen LogP contribution in [0.3, 0.4) is 0 Å². The van der Waals surface area contributed by atoms with Gasteiger partial charge in [0, 0.05) is 34.7 Å². The van der Waals surface area contributed by atoms with Crippen molar-refractivity contribution in [2.45, 2.75) is 197 Å². The molecule has 0 radical (unpaired) electrons. The van der Waals surface area contributed by atoms with Crippen molar-refractivity contribution < 1.29 is 0 Å². The summed E-state index contributed by atoms with van der Waals surface area (Å²) < 4.78 is 0. The summed E-state index contributed by atoms with van der Waals surface area (Å²) in [7, 11) is 2.24. The van der Waals surface area contributed by atoms with Gasteiger partial charge in [0.15, 0.2) is 0 Å². The number of nitrogens with zero attached hydrogens (tertiary/aromatic N) is 1. The van der Waals surface area contributed by atoms with E-state index in [1.54, 1.807) is 0 Å². The average molecular weight is 514 g/mol. The minimum absolute atomic E-state index is 0.236. The first kappa shape index (κ1) is 40.4. The van der Waals surface area contributed by atoms with Crippen LogP contribution in [0.1, 0.15) is 169 Å². The van der Waals surface area contributed by atoms with E-state index in [2.05, 4.69) is 133 Å². The molecule has 3 heteroatoms. The van der Waals surface area contributed by atoms with Crippen molar-refractivity contribution in [3.63, 3.8) is 0 Å². The van der Waals surface area contributed by atoms with Crippen LogP contribution in [0, 0.1) is 5.92 Å². The fraction of sp³-hybridized carbons (Fsp3) is 1.00. The molecule has 3 nitrogen and oxygen atoms in total. The molecule has 2 N–H and O–H groups in total. The van der Waals surface area contributed by atoms with E-state index in [-0.39, 0.29) is 16.6 Å². The Morgan fingerprint density at radius 2 is 1.17 bits per heavy atom. The van der Waals surface area contributed by atoms with E-state index >= 15 is 0 Å². The van der Waals surface area contributed by atoms with Gasteiger partial charge in [-0.2, -0.15) is 0 Å². The molecule has 0 aromatic heterocycles. The van der Waals surface area contributed by atoms with Gasteiger partial charge in [-0.05, 0) is 115 Å². The average Bonchev–Trinajstić information content (AvgIpc) is 2.68. The van der Waals surface area contributed by atoms with Gasteiger partial charge in [0.25, 0.3) is 0 Å². The highest BCUT2D eigenvalue weighted by atomic mass is 15.2. The highest BCUT2D eigenvalue weighted by Gasteiger charge is 2.21. The molecule has 0 amide bonds. The lowest BCUT2D eigenvalue weighted by Crippen LogP contribution is -2.49. The summed E-state index contributed by atoms with van der Waals surface area (Å²) >= 11 is 0. The molecule has 36 heavy (non-hydrogen) atoms. The predicted molar refractivity (Wildman–Crippen MR) is 169 cm³/mol. The quantitative estimate of drug-likeness (QED) is 0.240. The molecule has 0 rings (SSSR count). The van der Waals surface area contributed by atoms with Gasteiger partial charge in [-0.3, -0.25) is 0 Å². The molecule has 0 saturated heterocycles. The van der Waals surface area contributed by atoms with Crippen LogP contribution in [0.5, 0.6) is 0 Å². The van der Waals surface area contributed by atoms with Gasteiger partial charge in [0.1, 0.15) is 0 Å². The third-order valence-corrected chi connectivity index (χ3v) is 6.74. The Labute approximate surface area is 231 Å². The number of unbranched alkanes of at least 4 members (excludes halogenated alkanes) is 3. The van der Waals surface area contributed by atoms with Crippen molar-refractivity contribution >= 4 is 0 Å². The zero-order valence-corrected chi connectivity index (χ0v) is 28.7. The number of hydrogen-bond acceptors (Lipinski definition) is 3. The van der Waals surface area contributed by atoms with Crippen LogP contribution >= 0.6 is 0 Å². The summed E-state index contributed by atoms with van der Waals surface area (Å²) in [5.74, 6) is 0.888. The molecule has 0 aromatic rings. The van der Waals surface area contributed by atoms with E-state index in [1.165, 1.54) is 64.3 Å². The number of hydrogen-bond donors (Lipinski definition) is 2. The van der Waals surface area contributed by atoms with Crippen molar-refractivity contribution in [1.29, 1.82) is 0 Å². The largest absolute Gasteiger partial charge is 0.310 e. The molecule has 0 aliphatic rings. The van der Waals surface area contributed by atoms with Crippen molar-refractivity contribution in [2.24, 2.45) is 5.92 Å². The van der Waals surface area contributed by atoms with Gasteiger partial charge in [0.05, 0.1) is 0 Å². The first-order valence-electron chi connectivity index (χ1n) is 15.4. The second-order valence-corrected chi connectivity index (χ2v) is 14.9. The molecule has 0 saturated carbocycles. The topological polar surface area (TPSA) is 27.3 Å². The van der Waals surface area contributed by atoms with E-state index < -0.39 is 0 Å². The van der Waals surface area contributed by atoms with E-state index in [9.17, 15) is 0 Å². The van der Waals surface area contributed by atoms with Crippen molar-refractivity contribution in [3.8, 4) is 0 Å². The van der Waals surface area contributed by atoms with E-state index in [1.807, 2.05) is 0 Å². The Morgan fingerprint density at radius 1 is 0.667 bits per heavy atom. The first-order valence-corrected chi connectivity index (χ1v) is 15.4. The maximum atomic E-state index is 3.58. The Balaban J connectivity index is -0.000000460. The van der Waals surface area contributed by atoms with Crippen molar-refractivity contribution in [2.75, 3.05) is 13.6 Å². The van der Waals surface area contributed by atoms with Gasteiger partial charge < -0.3 is 15.5 Å². The molecule has 0 aliphatic heterocycles. The highest BCUT2D eigenvalue weighted by molar-refractivity contribution is 4.83. The Morgan fingerprint density at radius 3 is 1.47 bits per heavy atom. The van der Waals surface area contributed by atoms with Crippen LogP contribution in [0.2, 0.25) is 0 Å². The summed E-state index contributed by atoms with van der Waals surface area (Å²) in [6.07, 6.45) is 12.0. The lowest BCUT2D eigenvalue weighted by Gasteiger charge is -2.34. The molecule has 0 aromatic carbocycles. The summed E-state index contributed by atoms with van der Waals surface area (Å²) in [5, 5.41) is 7.12. The Bertz CT molecular complexity index is 477. The fourth-order valence-corrected chi connectivity index (χ4v) is 4.19. The highest BCUT2D eigenvalue weighted by Crippen LogP contribution is 2.18. The van der Waals surface area contributed by atoms with Gasteiger partial charge in [0.2, 0.25) is 0 Å². The minimum Gasteiger partial charge on any atom is -0.310 e. The monoisotopic (exact) mass is 514 g/mol. The third kappa shape index (κ3) is 30.1. The van der Waals surface area contributed by atoms with Gasteiger partial charge in [-0.15, -0.1) is 0 Å². The second kappa shape index (κ2) is 19.9. The van der Waals surface area contributed by atoms with Crippen molar-refractivity contribution in [3.05, 3.63) is 0 Å². The number of nitrogens with one attached hydrogen (secondary N) is 2. The van der Waals surface area contributed by atoms with Crippen LogP contribution in [0.4, 0.5) is 0 Å². The summed E-state index contributed by atoms with van der Waals surface area (Å²) in [4.78, 5) is 2.48. The molecular formula is C33H75N3. The molecule has 0 bridgehead atoms. The van der Waals surface area contributed by atoms with Gasteiger partial charge in [-0.1, -0.05) is 66.2 Å². The maximum absolute atomic E-state index is 3.58. The molecular weight excluding hydrogens is 438 g/mol. The van der Waals surface area contributed by atoms with Crippen LogP contribution in [0.15, 0.2) is 0 Å². The molecule has 2 atom stereocenters. The van der Waals surface area contributed by atoms with Crippen LogP contribution in [-0.2, 0) is 0 Å². The maximum Gasteiger partial charge on any atom is 0.0127 e. The summed E-state index contributed by atoms with van der Waals surface area (Å²) in [5.41, 5.74) is 1.10. The smallest absolute Gasteiger partial charge is 0.0127 e. The zero-order valence-electron chi connectivity index (χ0n) is 28.7. The molecule has 2 unspecified atom stereocenters. The lowest BCUT2D eigenvalue weighted by molar-refractivity contribution is 0.143. The molecule has 0 spiro atoms. The van der Waals surface area contributed by atoms with Crippen LogP contribution in [-0.4, -0.2) is 46.7 Å². The second-order valence-electron chi connectivity index (χ2n) is 14.9.